The van der Waals surface area contributed by atoms with Gasteiger partial charge in [0, 0.05) is 0 Å². The van der Waals surface area contributed by atoms with Gasteiger partial charge >= 0.3 is 0 Å². The van der Waals surface area contributed by atoms with Crippen molar-refractivity contribution < 1.29 is 0 Å². The molecule has 0 atom stereocenters. The molecule has 3 N–H and O–H groups in total. The Balaban J connectivity index is 1.77. The SMILES string of the molecule is Cc1ccc(NN(Nc2ccc(C)cc2)Nc2ccc(C)cc2)cc1. The van der Waals surface area contributed by atoms with Gasteiger partial charge in [0.15, 0.2) is 0 Å². The molecule has 0 spiro atoms. The van der Waals surface area contributed by atoms with Crippen LogP contribution in [0.25, 0.3) is 0 Å². The van der Waals surface area contributed by atoms with Crippen LogP contribution in [-0.2, 0) is 0 Å². The van der Waals surface area contributed by atoms with Gasteiger partial charge in [-0.3, -0.25) is 16.3 Å². The summed E-state index contributed by atoms with van der Waals surface area (Å²) in [5, 5.41) is 1.76. The molecule has 0 saturated carbocycles. The standard InChI is InChI=1S/C21H24N4/c1-16-4-10-19(11-5-16)22-25(23-20-12-6-17(2)7-13-20)24-21-14-8-18(3)9-15-21/h4-15,22-24H,1-3H3. The number of aryl methyl sites for hydroxylation is 3. The molecule has 0 amide bonds. The Labute approximate surface area is 149 Å². The summed E-state index contributed by atoms with van der Waals surface area (Å²) in [5.41, 5.74) is 16.7. The van der Waals surface area contributed by atoms with Crippen molar-refractivity contribution in [1.29, 1.82) is 0 Å². The number of hydrogen-bond acceptors (Lipinski definition) is 4. The summed E-state index contributed by atoms with van der Waals surface area (Å²) >= 11 is 0. The van der Waals surface area contributed by atoms with Crippen molar-refractivity contribution in [1.82, 2.24) is 5.23 Å². The van der Waals surface area contributed by atoms with Gasteiger partial charge in [-0.05, 0) is 62.4 Å². The third-order valence-corrected chi connectivity index (χ3v) is 3.88. The fourth-order valence-electron chi connectivity index (χ4n) is 2.36. The molecule has 0 aromatic heterocycles. The smallest absolute Gasteiger partial charge is 0.0526 e. The highest BCUT2D eigenvalue weighted by Crippen LogP contribution is 2.15. The number of nitrogens with one attached hydrogen (secondary N) is 3. The van der Waals surface area contributed by atoms with Crippen molar-refractivity contribution in [2.45, 2.75) is 20.8 Å². The molecule has 25 heavy (non-hydrogen) atoms. The molecule has 0 aliphatic heterocycles. The van der Waals surface area contributed by atoms with E-state index in [4.69, 9.17) is 0 Å². The molecule has 0 saturated heterocycles. The Hall–Kier alpha value is -2.98. The molecule has 0 aliphatic carbocycles. The number of hydrazine groups is 3. The average molecular weight is 332 g/mol. The lowest BCUT2D eigenvalue weighted by molar-refractivity contribution is 0.476. The zero-order valence-electron chi connectivity index (χ0n) is 14.9. The Kier molecular flexibility index (Phi) is 5.21. The van der Waals surface area contributed by atoms with Gasteiger partial charge in [-0.15, -0.1) is 0 Å². The number of hydrogen-bond donors (Lipinski definition) is 3. The van der Waals surface area contributed by atoms with Gasteiger partial charge in [-0.25, -0.2) is 0 Å². The van der Waals surface area contributed by atoms with Gasteiger partial charge in [0.2, 0.25) is 0 Å². The van der Waals surface area contributed by atoms with Crippen LogP contribution in [0.15, 0.2) is 72.8 Å². The van der Waals surface area contributed by atoms with E-state index in [1.807, 2.05) is 0 Å². The number of anilines is 3. The molecule has 0 unspecified atom stereocenters. The van der Waals surface area contributed by atoms with E-state index in [0.717, 1.165) is 17.1 Å². The van der Waals surface area contributed by atoms with Crippen LogP contribution < -0.4 is 16.3 Å². The van der Waals surface area contributed by atoms with E-state index in [9.17, 15) is 0 Å². The summed E-state index contributed by atoms with van der Waals surface area (Å²) < 4.78 is 0. The van der Waals surface area contributed by atoms with E-state index in [0.29, 0.717) is 0 Å². The highest BCUT2D eigenvalue weighted by Gasteiger charge is 2.06. The summed E-state index contributed by atoms with van der Waals surface area (Å²) in [7, 11) is 0. The number of rotatable bonds is 6. The van der Waals surface area contributed by atoms with Crippen LogP contribution in [0.4, 0.5) is 17.1 Å². The maximum Gasteiger partial charge on any atom is 0.0526 e. The fourth-order valence-corrected chi connectivity index (χ4v) is 2.36. The van der Waals surface area contributed by atoms with Crippen molar-refractivity contribution in [2.75, 3.05) is 16.3 Å². The van der Waals surface area contributed by atoms with Crippen molar-refractivity contribution in [3.8, 4) is 0 Å². The van der Waals surface area contributed by atoms with Gasteiger partial charge < -0.3 is 0 Å². The fraction of sp³-hybridized carbons (Fsp3) is 0.143. The molecule has 4 heteroatoms. The maximum absolute atomic E-state index is 3.34. The first-order chi connectivity index (χ1) is 12.1. The summed E-state index contributed by atoms with van der Waals surface area (Å²) in [6.07, 6.45) is 0. The van der Waals surface area contributed by atoms with Crippen LogP contribution in [0, 0.1) is 20.8 Å². The van der Waals surface area contributed by atoms with E-state index >= 15 is 0 Å². The van der Waals surface area contributed by atoms with Crippen LogP contribution in [0.2, 0.25) is 0 Å². The van der Waals surface area contributed by atoms with Crippen molar-refractivity contribution >= 4 is 17.1 Å². The molecular weight excluding hydrogens is 308 g/mol. The Morgan fingerprint density at radius 1 is 0.440 bits per heavy atom. The molecule has 3 aromatic rings. The lowest BCUT2D eigenvalue weighted by Gasteiger charge is -2.27. The monoisotopic (exact) mass is 332 g/mol. The van der Waals surface area contributed by atoms with E-state index in [1.54, 1.807) is 5.23 Å². The van der Waals surface area contributed by atoms with E-state index in [1.165, 1.54) is 16.7 Å². The first-order valence-electron chi connectivity index (χ1n) is 8.38. The van der Waals surface area contributed by atoms with Crippen LogP contribution in [0.5, 0.6) is 0 Å². The molecule has 0 radical (unpaired) electrons. The summed E-state index contributed by atoms with van der Waals surface area (Å²) in [6, 6.07) is 24.8. The summed E-state index contributed by atoms with van der Waals surface area (Å²) in [4.78, 5) is 0. The zero-order valence-corrected chi connectivity index (χ0v) is 14.9. The number of nitrogens with zero attached hydrogens (tertiary/aromatic N) is 1. The number of benzene rings is 3. The average Bonchev–Trinajstić information content (AvgIpc) is 2.61. The minimum absolute atomic E-state index is 0.991. The lowest BCUT2D eigenvalue weighted by atomic mass is 10.2. The van der Waals surface area contributed by atoms with E-state index in [2.05, 4.69) is 110 Å². The molecule has 3 aromatic carbocycles. The quantitative estimate of drug-likeness (QED) is 0.536. The van der Waals surface area contributed by atoms with Gasteiger partial charge in [-0.1, -0.05) is 53.1 Å². The van der Waals surface area contributed by atoms with Gasteiger partial charge in [0.1, 0.15) is 0 Å². The lowest BCUT2D eigenvalue weighted by Crippen LogP contribution is -2.40. The second-order valence-electron chi connectivity index (χ2n) is 6.27. The van der Waals surface area contributed by atoms with Crippen LogP contribution >= 0.6 is 0 Å². The highest BCUT2D eigenvalue weighted by atomic mass is 15.9. The molecule has 0 aliphatic rings. The molecule has 4 nitrogen and oxygen atoms in total. The summed E-state index contributed by atoms with van der Waals surface area (Å²) in [5.74, 6) is 0. The second kappa shape index (κ2) is 7.73. The van der Waals surface area contributed by atoms with E-state index < -0.39 is 0 Å². The summed E-state index contributed by atoms with van der Waals surface area (Å²) in [6.45, 7) is 6.24. The van der Waals surface area contributed by atoms with Crippen molar-refractivity contribution in [3.63, 3.8) is 0 Å². The minimum atomic E-state index is 0.991. The maximum atomic E-state index is 3.34. The molecular formula is C21H24N4. The van der Waals surface area contributed by atoms with Crippen LogP contribution in [0.1, 0.15) is 16.7 Å². The van der Waals surface area contributed by atoms with Crippen molar-refractivity contribution in [3.05, 3.63) is 89.5 Å². The van der Waals surface area contributed by atoms with Gasteiger partial charge in [0.05, 0.1) is 17.1 Å². The first kappa shape index (κ1) is 16.9. The predicted molar refractivity (Wildman–Crippen MR) is 106 cm³/mol. The largest absolute Gasteiger partial charge is 0.283 e. The second-order valence-corrected chi connectivity index (χ2v) is 6.27. The topological polar surface area (TPSA) is 39.3 Å². The zero-order chi connectivity index (χ0) is 17.6. The molecule has 0 bridgehead atoms. The Morgan fingerprint density at radius 3 is 0.920 bits per heavy atom. The Morgan fingerprint density at radius 2 is 0.680 bits per heavy atom. The first-order valence-corrected chi connectivity index (χ1v) is 8.38. The molecule has 3 rings (SSSR count). The van der Waals surface area contributed by atoms with E-state index in [-0.39, 0.29) is 0 Å². The third-order valence-electron chi connectivity index (χ3n) is 3.88. The predicted octanol–water partition coefficient (Wildman–Crippen LogP) is 5.29. The molecule has 0 heterocycles. The normalized spacial score (nSPS) is 10.6. The van der Waals surface area contributed by atoms with Crippen LogP contribution in [0.3, 0.4) is 0 Å². The molecule has 128 valence electrons. The minimum Gasteiger partial charge on any atom is -0.283 e. The Bertz CT molecular complexity index is 680. The third kappa shape index (κ3) is 4.99. The van der Waals surface area contributed by atoms with Gasteiger partial charge in [-0.2, -0.15) is 0 Å². The van der Waals surface area contributed by atoms with Crippen molar-refractivity contribution in [2.24, 2.45) is 0 Å². The van der Waals surface area contributed by atoms with Crippen LogP contribution in [-0.4, -0.2) is 5.23 Å². The van der Waals surface area contributed by atoms with Gasteiger partial charge in [0.25, 0.3) is 0 Å². The highest BCUT2D eigenvalue weighted by molar-refractivity contribution is 5.50. The molecule has 0 fully saturated rings.